The van der Waals surface area contributed by atoms with Gasteiger partial charge in [-0.2, -0.15) is 5.10 Å². The highest BCUT2D eigenvalue weighted by Crippen LogP contribution is 2.47. The summed E-state index contributed by atoms with van der Waals surface area (Å²) in [6, 6.07) is 5.24. The number of hydrogen-bond donors (Lipinski definition) is 2. The van der Waals surface area contributed by atoms with Gasteiger partial charge in [0.15, 0.2) is 11.2 Å². The third-order valence-electron chi connectivity index (χ3n) is 6.23. The molecule has 6 rings (SSSR count). The summed E-state index contributed by atoms with van der Waals surface area (Å²) in [6.07, 6.45) is 3.66. The van der Waals surface area contributed by atoms with Crippen molar-refractivity contribution in [2.45, 2.75) is 38.1 Å². The van der Waals surface area contributed by atoms with E-state index in [4.69, 9.17) is 4.74 Å². The number of phenols is 1. The predicted octanol–water partition coefficient (Wildman–Crippen LogP) is 3.50. The fraction of sp³-hybridized carbons (Fsp3) is 0.450. The molecule has 1 aromatic carbocycles. The number of rotatable bonds is 4. The van der Waals surface area contributed by atoms with Crippen LogP contribution in [0.3, 0.4) is 0 Å². The summed E-state index contributed by atoms with van der Waals surface area (Å²) in [5.41, 5.74) is 2.05. The number of alkyl halides is 1. The summed E-state index contributed by atoms with van der Waals surface area (Å²) in [5.74, 6) is 0.0973. The second-order valence-corrected chi connectivity index (χ2v) is 9.19. The van der Waals surface area contributed by atoms with E-state index in [0.717, 1.165) is 30.5 Å². The molecule has 1 aliphatic carbocycles. The first-order chi connectivity index (χ1) is 13.9. The normalized spacial score (nSPS) is 29.3. The molecule has 0 radical (unpaired) electrons. The zero-order valence-corrected chi connectivity index (χ0v) is 17.0. The molecule has 2 N–H and O–H groups in total. The van der Waals surface area contributed by atoms with Crippen molar-refractivity contribution >= 4 is 11.3 Å². The van der Waals surface area contributed by atoms with Gasteiger partial charge in [-0.3, -0.25) is 10.00 Å². The number of phenolic OH excluding ortho intramolecular Hbond substituents is 1. The lowest BCUT2D eigenvalue weighted by atomic mass is 9.66. The summed E-state index contributed by atoms with van der Waals surface area (Å²) in [7, 11) is 1.98. The molecule has 3 aromatic rings. The molecule has 152 valence electrons. The Morgan fingerprint density at radius 3 is 2.90 bits per heavy atom. The molecule has 2 unspecified atom stereocenters. The summed E-state index contributed by atoms with van der Waals surface area (Å²) < 4.78 is 21.1. The van der Waals surface area contributed by atoms with Gasteiger partial charge in [0, 0.05) is 29.8 Å². The van der Waals surface area contributed by atoms with Crippen molar-refractivity contribution in [1.82, 2.24) is 25.3 Å². The Labute approximate surface area is 171 Å². The summed E-state index contributed by atoms with van der Waals surface area (Å²) in [5, 5.41) is 26.3. The van der Waals surface area contributed by atoms with E-state index < -0.39 is 12.3 Å². The summed E-state index contributed by atoms with van der Waals surface area (Å²) in [6.45, 7) is 2.89. The van der Waals surface area contributed by atoms with Crippen molar-refractivity contribution < 1.29 is 14.2 Å². The van der Waals surface area contributed by atoms with Crippen molar-refractivity contribution in [3.05, 3.63) is 30.6 Å². The van der Waals surface area contributed by atoms with E-state index in [1.165, 1.54) is 11.3 Å². The number of aromatic hydroxyl groups is 1. The average molecular weight is 415 g/mol. The largest absolute Gasteiger partial charge is 0.507 e. The van der Waals surface area contributed by atoms with E-state index in [0.29, 0.717) is 15.8 Å². The number of aromatic nitrogens is 4. The van der Waals surface area contributed by atoms with Crippen LogP contribution in [0.15, 0.2) is 30.6 Å². The van der Waals surface area contributed by atoms with Crippen molar-refractivity contribution in [2.75, 3.05) is 13.6 Å². The molecular weight excluding hydrogens is 393 g/mol. The Hall–Kier alpha value is -2.52. The zero-order chi connectivity index (χ0) is 20.2. The lowest BCUT2D eigenvalue weighted by molar-refractivity contribution is -0.136. The molecule has 1 saturated carbocycles. The van der Waals surface area contributed by atoms with Gasteiger partial charge >= 0.3 is 0 Å². The number of aromatic amines is 1. The van der Waals surface area contributed by atoms with Crippen molar-refractivity contribution in [3.8, 4) is 32.6 Å². The standard InChI is InChI=1S/C20H22FN5O2S/c1-20-6-5-14(26(2)10-20)16(21)17(20)28-19-25-24-18(29-19)13-4-3-11(7-15(13)27)12-8-22-23-9-12/h3-4,7-9,14,16-17,27H,5-6,10H2,1-2H3,(H,22,23)/t14?,16?,17-,20+/m1/s1. The summed E-state index contributed by atoms with van der Waals surface area (Å²) >= 11 is 1.22. The smallest absolute Gasteiger partial charge is 0.294 e. The molecule has 0 amide bonds. The first-order valence-electron chi connectivity index (χ1n) is 9.62. The average Bonchev–Trinajstić information content (AvgIpc) is 3.37. The van der Waals surface area contributed by atoms with Gasteiger partial charge in [-0.15, -0.1) is 5.10 Å². The number of benzene rings is 1. The molecule has 2 saturated heterocycles. The second-order valence-electron chi connectivity index (χ2n) is 8.25. The number of nitrogens with zero attached hydrogens (tertiary/aromatic N) is 4. The highest BCUT2D eigenvalue weighted by Gasteiger charge is 2.55. The van der Waals surface area contributed by atoms with Gasteiger partial charge in [-0.25, -0.2) is 4.39 Å². The molecule has 4 heterocycles. The fourth-order valence-corrected chi connectivity index (χ4v) is 5.43. The quantitative estimate of drug-likeness (QED) is 0.678. The molecule has 7 nitrogen and oxygen atoms in total. The highest BCUT2D eigenvalue weighted by atomic mass is 32.1. The highest BCUT2D eigenvalue weighted by molar-refractivity contribution is 7.16. The van der Waals surface area contributed by atoms with E-state index in [1.54, 1.807) is 24.5 Å². The van der Waals surface area contributed by atoms with Gasteiger partial charge in [0.2, 0.25) is 0 Å². The number of piperidine rings is 2. The SMILES string of the molecule is CN1C[C@]2(C)CCC1C(F)[C@H]2Oc1nnc(-c2ccc(-c3cn[nH]c3)cc2O)s1. The van der Waals surface area contributed by atoms with Gasteiger partial charge in [-0.1, -0.05) is 29.4 Å². The van der Waals surface area contributed by atoms with Crippen LogP contribution in [0, 0.1) is 5.41 Å². The Kier molecular flexibility index (Phi) is 4.32. The molecule has 0 spiro atoms. The maximum absolute atomic E-state index is 15.0. The minimum atomic E-state index is -1.05. The van der Waals surface area contributed by atoms with Crippen molar-refractivity contribution in [3.63, 3.8) is 0 Å². The molecule has 4 atom stereocenters. The topological polar surface area (TPSA) is 87.2 Å². The van der Waals surface area contributed by atoms with Gasteiger partial charge < -0.3 is 9.84 Å². The maximum atomic E-state index is 15.0. The fourth-order valence-electron chi connectivity index (χ4n) is 4.67. The van der Waals surface area contributed by atoms with Crippen LogP contribution in [0.1, 0.15) is 19.8 Å². The van der Waals surface area contributed by atoms with E-state index in [9.17, 15) is 5.11 Å². The minimum absolute atomic E-state index is 0.0973. The molecule has 3 fully saturated rings. The number of nitrogens with one attached hydrogen (secondary N) is 1. The molecular formula is C20H22FN5O2S. The van der Waals surface area contributed by atoms with Gasteiger partial charge in [0.05, 0.1) is 11.8 Å². The number of halogens is 1. The van der Waals surface area contributed by atoms with Gasteiger partial charge in [0.25, 0.3) is 5.19 Å². The van der Waals surface area contributed by atoms with Crippen LogP contribution in [0.2, 0.25) is 0 Å². The van der Waals surface area contributed by atoms with E-state index in [2.05, 4.69) is 32.2 Å². The Balaban J connectivity index is 1.38. The first kappa shape index (κ1) is 18.5. The third kappa shape index (κ3) is 3.08. The van der Waals surface area contributed by atoms with Gasteiger partial charge in [0.1, 0.15) is 11.9 Å². The molecule has 2 aromatic heterocycles. The third-order valence-corrected chi connectivity index (χ3v) is 7.07. The summed E-state index contributed by atoms with van der Waals surface area (Å²) in [4.78, 5) is 2.10. The zero-order valence-electron chi connectivity index (χ0n) is 16.2. The second kappa shape index (κ2) is 6.77. The van der Waals surface area contributed by atoms with Gasteiger partial charge in [-0.05, 0) is 37.6 Å². The van der Waals surface area contributed by atoms with Crippen LogP contribution >= 0.6 is 11.3 Å². The number of ether oxygens (including phenoxy) is 1. The molecule has 2 aliphatic heterocycles. The predicted molar refractivity (Wildman–Crippen MR) is 108 cm³/mol. The number of hydrogen-bond acceptors (Lipinski definition) is 7. The van der Waals surface area contributed by atoms with Crippen molar-refractivity contribution in [2.24, 2.45) is 5.41 Å². The van der Waals surface area contributed by atoms with Crippen LogP contribution in [-0.4, -0.2) is 62.3 Å². The Bertz CT molecular complexity index is 1030. The van der Waals surface area contributed by atoms with Crippen LogP contribution < -0.4 is 4.74 Å². The lowest BCUT2D eigenvalue weighted by Crippen LogP contribution is -2.66. The van der Waals surface area contributed by atoms with E-state index in [1.807, 2.05) is 13.1 Å². The number of fused-ring (bicyclic) bond motifs is 3. The van der Waals surface area contributed by atoms with Crippen LogP contribution in [-0.2, 0) is 0 Å². The van der Waals surface area contributed by atoms with Crippen molar-refractivity contribution in [1.29, 1.82) is 0 Å². The maximum Gasteiger partial charge on any atom is 0.294 e. The Morgan fingerprint density at radius 1 is 1.34 bits per heavy atom. The molecule has 3 aliphatic rings. The van der Waals surface area contributed by atoms with E-state index >= 15 is 4.39 Å². The first-order valence-corrected chi connectivity index (χ1v) is 10.4. The minimum Gasteiger partial charge on any atom is -0.507 e. The molecule has 29 heavy (non-hydrogen) atoms. The van der Waals surface area contributed by atoms with E-state index in [-0.39, 0.29) is 17.2 Å². The Morgan fingerprint density at radius 2 is 2.21 bits per heavy atom. The monoisotopic (exact) mass is 415 g/mol. The van der Waals surface area contributed by atoms with Crippen LogP contribution in [0.4, 0.5) is 4.39 Å². The van der Waals surface area contributed by atoms with Crippen LogP contribution in [0.25, 0.3) is 21.7 Å². The lowest BCUT2D eigenvalue weighted by Gasteiger charge is -2.55. The number of H-pyrrole nitrogens is 1. The van der Waals surface area contributed by atoms with Crippen LogP contribution in [0.5, 0.6) is 10.9 Å². The molecule has 2 bridgehead atoms. The molecule has 9 heteroatoms.